The van der Waals surface area contributed by atoms with Crippen molar-refractivity contribution in [3.05, 3.63) is 29.3 Å². The Bertz CT molecular complexity index is 811. The van der Waals surface area contributed by atoms with Crippen molar-refractivity contribution >= 4 is 29.3 Å². The molecule has 2 aromatic rings. The summed E-state index contributed by atoms with van der Waals surface area (Å²) < 4.78 is 1.39. The first-order valence-electron chi connectivity index (χ1n) is 9.31. The van der Waals surface area contributed by atoms with Crippen molar-refractivity contribution in [3.8, 4) is 11.4 Å². The van der Waals surface area contributed by atoms with Crippen LogP contribution in [-0.2, 0) is 4.79 Å². The van der Waals surface area contributed by atoms with Gasteiger partial charge in [-0.2, -0.15) is 0 Å². The van der Waals surface area contributed by atoms with Gasteiger partial charge in [-0.3, -0.25) is 4.79 Å². The van der Waals surface area contributed by atoms with E-state index in [-0.39, 0.29) is 17.2 Å². The van der Waals surface area contributed by atoms with Gasteiger partial charge in [0.15, 0.2) is 5.82 Å². The van der Waals surface area contributed by atoms with Crippen molar-refractivity contribution < 1.29 is 4.79 Å². The molecule has 1 aromatic carbocycles. The second kappa shape index (κ2) is 8.52. The summed E-state index contributed by atoms with van der Waals surface area (Å²) in [5, 5.41) is 12.2. The molecule has 0 bridgehead atoms. The summed E-state index contributed by atoms with van der Waals surface area (Å²) in [6.07, 6.45) is 3.44. The van der Waals surface area contributed by atoms with Gasteiger partial charge in [0, 0.05) is 11.6 Å². The van der Waals surface area contributed by atoms with Crippen LogP contribution >= 0.6 is 23.4 Å². The van der Waals surface area contributed by atoms with Gasteiger partial charge in [-0.1, -0.05) is 62.2 Å². The lowest BCUT2D eigenvalue weighted by atomic mass is 9.78. The van der Waals surface area contributed by atoms with Crippen molar-refractivity contribution in [2.45, 2.75) is 56.5 Å². The van der Waals surface area contributed by atoms with E-state index in [1.165, 1.54) is 22.9 Å². The summed E-state index contributed by atoms with van der Waals surface area (Å²) in [5.41, 5.74) is 0.711. The number of aromatic nitrogens is 3. The molecule has 1 aromatic heterocycles. The minimum Gasteiger partial charge on any atom is -0.352 e. The number of nitrogens with zero attached hydrogens (tertiary/aromatic N) is 3. The lowest BCUT2D eigenvalue weighted by molar-refractivity contribution is -0.121. The van der Waals surface area contributed by atoms with Crippen LogP contribution in [0.15, 0.2) is 29.4 Å². The third-order valence-electron chi connectivity index (χ3n) is 5.47. The van der Waals surface area contributed by atoms with Crippen molar-refractivity contribution in [3.63, 3.8) is 0 Å². The maximum absolute atomic E-state index is 12.7. The minimum atomic E-state index is -0.319. The van der Waals surface area contributed by atoms with Crippen LogP contribution in [-0.4, -0.2) is 32.1 Å². The molecule has 1 saturated carbocycles. The van der Waals surface area contributed by atoms with E-state index in [4.69, 9.17) is 17.4 Å². The Kier molecular flexibility index (Phi) is 6.32. The molecular weight excluding hydrogens is 382 g/mol. The van der Waals surface area contributed by atoms with Crippen LogP contribution in [0.1, 0.15) is 40.0 Å². The lowest BCUT2D eigenvalue weighted by Crippen LogP contribution is -2.46. The molecule has 146 valence electrons. The highest BCUT2D eigenvalue weighted by atomic mass is 35.5. The predicted molar refractivity (Wildman–Crippen MR) is 110 cm³/mol. The number of nitrogens with one attached hydrogen (secondary N) is 1. The molecule has 1 heterocycles. The van der Waals surface area contributed by atoms with E-state index < -0.39 is 0 Å². The largest absolute Gasteiger partial charge is 0.352 e. The van der Waals surface area contributed by atoms with Crippen LogP contribution in [0, 0.1) is 11.8 Å². The Hall–Kier alpha value is -1.73. The number of hydrogen-bond acceptors (Lipinski definition) is 5. The van der Waals surface area contributed by atoms with Gasteiger partial charge in [-0.25, -0.2) is 4.68 Å². The Morgan fingerprint density at radius 1 is 1.33 bits per heavy atom. The third-order valence-corrected chi connectivity index (χ3v) is 6.85. The van der Waals surface area contributed by atoms with Gasteiger partial charge in [0.25, 0.3) is 0 Å². The van der Waals surface area contributed by atoms with E-state index in [0.717, 1.165) is 12.8 Å². The van der Waals surface area contributed by atoms with Gasteiger partial charge in [0.1, 0.15) is 0 Å². The third kappa shape index (κ3) is 4.41. The number of hydrogen-bond donors (Lipinski definition) is 2. The standard InChI is InChI=1S/C19H26ClN5OS/c1-11-7-6-10-16(12(11)2)22-18(26)13(3)27-19-24-23-17(25(19)21)14-8-4-5-9-15(14)20/h4-5,8-9,11-13,16H,6-7,10,21H2,1-3H3,(H,22,26). The average molecular weight is 408 g/mol. The Balaban J connectivity index is 1.67. The molecule has 1 aliphatic carbocycles. The summed E-state index contributed by atoms with van der Waals surface area (Å²) in [7, 11) is 0. The number of halogens is 1. The molecule has 8 heteroatoms. The van der Waals surface area contributed by atoms with Gasteiger partial charge in [0.05, 0.1) is 10.3 Å². The number of thioether (sulfide) groups is 1. The molecule has 4 atom stereocenters. The van der Waals surface area contributed by atoms with Crippen LogP contribution < -0.4 is 11.2 Å². The molecule has 1 amide bonds. The van der Waals surface area contributed by atoms with E-state index in [1.54, 1.807) is 6.07 Å². The highest BCUT2D eigenvalue weighted by Gasteiger charge is 2.30. The van der Waals surface area contributed by atoms with Gasteiger partial charge < -0.3 is 11.2 Å². The number of carbonyl (C=O) groups is 1. The average Bonchev–Trinajstić information content (AvgIpc) is 3.00. The van der Waals surface area contributed by atoms with Crippen LogP contribution in [0.25, 0.3) is 11.4 Å². The van der Waals surface area contributed by atoms with E-state index >= 15 is 0 Å². The maximum Gasteiger partial charge on any atom is 0.233 e. The Morgan fingerprint density at radius 2 is 2.07 bits per heavy atom. The molecule has 0 saturated heterocycles. The first kappa shape index (κ1) is 20.0. The fourth-order valence-corrected chi connectivity index (χ4v) is 4.48. The second-order valence-electron chi connectivity index (χ2n) is 7.30. The fraction of sp³-hybridized carbons (Fsp3) is 0.526. The second-order valence-corrected chi connectivity index (χ2v) is 9.01. The number of benzene rings is 1. The van der Waals surface area contributed by atoms with Crippen molar-refractivity contribution in [1.82, 2.24) is 20.2 Å². The zero-order valence-electron chi connectivity index (χ0n) is 15.9. The minimum absolute atomic E-state index is 0.00763. The first-order valence-corrected chi connectivity index (χ1v) is 10.6. The molecular formula is C19H26ClN5OS. The van der Waals surface area contributed by atoms with Crippen LogP contribution in [0.4, 0.5) is 0 Å². The zero-order valence-corrected chi connectivity index (χ0v) is 17.4. The molecule has 27 heavy (non-hydrogen) atoms. The molecule has 6 nitrogen and oxygen atoms in total. The zero-order chi connectivity index (χ0) is 19.6. The number of nitrogens with two attached hydrogens (primary N) is 1. The Morgan fingerprint density at radius 3 is 2.81 bits per heavy atom. The highest BCUT2D eigenvalue weighted by Crippen LogP contribution is 2.31. The van der Waals surface area contributed by atoms with Crippen LogP contribution in [0.5, 0.6) is 0 Å². The number of amides is 1. The normalized spacial score (nSPS) is 23.8. The van der Waals surface area contributed by atoms with E-state index in [9.17, 15) is 4.79 Å². The van der Waals surface area contributed by atoms with E-state index in [0.29, 0.717) is 33.4 Å². The molecule has 4 unspecified atom stereocenters. The summed E-state index contributed by atoms with van der Waals surface area (Å²) in [5.74, 6) is 7.77. The number of rotatable bonds is 5. The van der Waals surface area contributed by atoms with Gasteiger partial charge >= 0.3 is 0 Å². The van der Waals surface area contributed by atoms with Gasteiger partial charge in [0.2, 0.25) is 11.1 Å². The molecule has 1 aliphatic rings. The highest BCUT2D eigenvalue weighted by molar-refractivity contribution is 8.00. The lowest BCUT2D eigenvalue weighted by Gasteiger charge is -2.35. The van der Waals surface area contributed by atoms with Crippen LogP contribution in [0.3, 0.4) is 0 Å². The van der Waals surface area contributed by atoms with Crippen molar-refractivity contribution in [2.24, 2.45) is 11.8 Å². The molecule has 3 rings (SSSR count). The van der Waals surface area contributed by atoms with Gasteiger partial charge in [-0.05, 0) is 37.3 Å². The summed E-state index contributed by atoms with van der Waals surface area (Å²) in [4.78, 5) is 12.7. The molecule has 1 fully saturated rings. The summed E-state index contributed by atoms with van der Waals surface area (Å²) in [6, 6.07) is 7.56. The van der Waals surface area contributed by atoms with Crippen molar-refractivity contribution in [2.75, 3.05) is 5.84 Å². The molecule has 3 N–H and O–H groups in total. The van der Waals surface area contributed by atoms with Gasteiger partial charge in [-0.15, -0.1) is 10.2 Å². The van der Waals surface area contributed by atoms with Crippen LogP contribution in [0.2, 0.25) is 5.02 Å². The first-order chi connectivity index (χ1) is 12.9. The van der Waals surface area contributed by atoms with E-state index in [2.05, 4.69) is 29.4 Å². The molecule has 0 aliphatic heterocycles. The smallest absolute Gasteiger partial charge is 0.233 e. The molecule has 0 radical (unpaired) electrons. The Labute approximate surface area is 169 Å². The number of carbonyl (C=O) groups excluding carboxylic acids is 1. The number of nitrogen functional groups attached to an aromatic ring is 1. The summed E-state index contributed by atoms with van der Waals surface area (Å²) >= 11 is 7.52. The monoisotopic (exact) mass is 407 g/mol. The molecule has 0 spiro atoms. The maximum atomic E-state index is 12.7. The fourth-order valence-electron chi connectivity index (χ4n) is 3.48. The quantitative estimate of drug-likeness (QED) is 0.582. The summed E-state index contributed by atoms with van der Waals surface area (Å²) in [6.45, 7) is 6.34. The van der Waals surface area contributed by atoms with E-state index in [1.807, 2.05) is 25.1 Å². The SMILES string of the molecule is CC(Sc1nnc(-c2ccccc2Cl)n1N)C(=O)NC1CCCC(C)C1C. The van der Waals surface area contributed by atoms with Crippen molar-refractivity contribution in [1.29, 1.82) is 0 Å². The predicted octanol–water partition coefficient (Wildman–Crippen LogP) is 3.73. The topological polar surface area (TPSA) is 85.8 Å².